The first-order chi connectivity index (χ1) is 13.6. The first-order valence-corrected chi connectivity index (χ1v) is 9.71. The maximum absolute atomic E-state index is 13.3. The lowest BCUT2D eigenvalue weighted by atomic mass is 10.0. The van der Waals surface area contributed by atoms with Crippen molar-refractivity contribution < 1.29 is 13.9 Å². The van der Waals surface area contributed by atoms with Crippen LogP contribution in [0, 0.1) is 11.7 Å². The number of ether oxygens (including phenoxy) is 1. The Bertz CT molecular complexity index is 963. The Morgan fingerprint density at radius 3 is 2.79 bits per heavy atom. The fourth-order valence-electron chi connectivity index (χ4n) is 3.77. The van der Waals surface area contributed by atoms with Crippen molar-refractivity contribution in [2.45, 2.75) is 32.4 Å². The van der Waals surface area contributed by atoms with Gasteiger partial charge in [-0.25, -0.2) is 9.37 Å². The van der Waals surface area contributed by atoms with Gasteiger partial charge in [0, 0.05) is 38.5 Å². The molecule has 1 saturated heterocycles. The zero-order valence-corrected chi connectivity index (χ0v) is 15.9. The van der Waals surface area contributed by atoms with Gasteiger partial charge in [0.05, 0.1) is 23.3 Å². The summed E-state index contributed by atoms with van der Waals surface area (Å²) >= 11 is 0. The van der Waals surface area contributed by atoms with Gasteiger partial charge in [0.25, 0.3) is 0 Å². The van der Waals surface area contributed by atoms with Crippen LogP contribution in [-0.2, 0) is 11.3 Å². The van der Waals surface area contributed by atoms with Gasteiger partial charge in [-0.05, 0) is 24.3 Å². The van der Waals surface area contributed by atoms with Crippen LogP contribution in [0.1, 0.15) is 19.8 Å². The molecule has 3 aromatic rings. The summed E-state index contributed by atoms with van der Waals surface area (Å²) in [6, 6.07) is 14.1. The van der Waals surface area contributed by atoms with E-state index < -0.39 is 0 Å². The maximum atomic E-state index is 13.3. The van der Waals surface area contributed by atoms with Crippen LogP contribution in [0.15, 0.2) is 54.9 Å². The van der Waals surface area contributed by atoms with Gasteiger partial charge in [-0.15, -0.1) is 0 Å². The molecule has 0 bridgehead atoms. The molecule has 0 radical (unpaired) electrons. The third-order valence-electron chi connectivity index (χ3n) is 5.27. The predicted octanol–water partition coefficient (Wildman–Crippen LogP) is 3.88. The van der Waals surface area contributed by atoms with Crippen molar-refractivity contribution in [1.82, 2.24) is 14.5 Å². The Balaban J connectivity index is 1.32. The van der Waals surface area contributed by atoms with E-state index in [2.05, 4.69) is 4.98 Å². The number of imidazole rings is 1. The van der Waals surface area contributed by atoms with Crippen LogP contribution in [0.3, 0.4) is 0 Å². The van der Waals surface area contributed by atoms with Crippen LogP contribution in [0.2, 0.25) is 0 Å². The lowest BCUT2D eigenvalue weighted by Gasteiger charge is -2.33. The number of hydrogen-bond donors (Lipinski definition) is 0. The first-order valence-electron chi connectivity index (χ1n) is 9.71. The molecular weight excluding hydrogens is 357 g/mol. The molecule has 1 amide bonds. The minimum absolute atomic E-state index is 0.0127. The SMILES string of the molecule is C[C@H](Cn1cnc2ccccc21)C(=O)N1CCC(Oc2cccc(F)c2)CC1. The topological polar surface area (TPSA) is 47.4 Å². The van der Waals surface area contributed by atoms with Gasteiger partial charge in [-0.3, -0.25) is 4.79 Å². The average Bonchev–Trinajstić information content (AvgIpc) is 3.11. The molecule has 2 aromatic carbocycles. The highest BCUT2D eigenvalue weighted by Crippen LogP contribution is 2.21. The minimum atomic E-state index is -0.300. The Kier molecular flexibility index (Phi) is 5.28. The van der Waals surface area contributed by atoms with Crippen LogP contribution < -0.4 is 4.74 Å². The molecule has 0 spiro atoms. The van der Waals surface area contributed by atoms with Crippen molar-refractivity contribution in [3.8, 4) is 5.75 Å². The number of fused-ring (bicyclic) bond motifs is 1. The fourth-order valence-corrected chi connectivity index (χ4v) is 3.77. The molecule has 0 N–H and O–H groups in total. The molecule has 5 nitrogen and oxygen atoms in total. The van der Waals surface area contributed by atoms with Crippen LogP contribution in [0.5, 0.6) is 5.75 Å². The third-order valence-corrected chi connectivity index (χ3v) is 5.27. The largest absolute Gasteiger partial charge is 0.490 e. The highest BCUT2D eigenvalue weighted by molar-refractivity contribution is 5.79. The third kappa shape index (κ3) is 4.01. The van der Waals surface area contributed by atoms with E-state index in [1.165, 1.54) is 12.1 Å². The fraction of sp³-hybridized carbons (Fsp3) is 0.364. The molecule has 1 aromatic heterocycles. The van der Waals surface area contributed by atoms with Crippen molar-refractivity contribution in [1.29, 1.82) is 0 Å². The summed E-state index contributed by atoms with van der Waals surface area (Å²) in [5.74, 6) is 0.274. The van der Waals surface area contributed by atoms with E-state index in [1.807, 2.05) is 40.7 Å². The van der Waals surface area contributed by atoms with Crippen LogP contribution >= 0.6 is 0 Å². The number of halogens is 1. The predicted molar refractivity (Wildman–Crippen MR) is 106 cm³/mol. The summed E-state index contributed by atoms with van der Waals surface area (Å²) < 4.78 is 21.2. The van der Waals surface area contributed by atoms with Crippen LogP contribution in [0.25, 0.3) is 11.0 Å². The molecule has 1 aliphatic rings. The summed E-state index contributed by atoms with van der Waals surface area (Å²) in [5.41, 5.74) is 1.99. The molecule has 0 unspecified atom stereocenters. The molecule has 28 heavy (non-hydrogen) atoms. The van der Waals surface area contributed by atoms with Gasteiger partial charge in [0.2, 0.25) is 5.91 Å². The average molecular weight is 381 g/mol. The maximum Gasteiger partial charge on any atom is 0.227 e. The molecule has 1 fully saturated rings. The number of piperidine rings is 1. The molecular formula is C22H24FN3O2. The van der Waals surface area contributed by atoms with E-state index in [4.69, 9.17) is 4.74 Å². The normalized spacial score (nSPS) is 16.3. The number of amides is 1. The number of carbonyl (C=O) groups excluding carboxylic acids is 1. The number of nitrogens with zero attached hydrogens (tertiary/aromatic N) is 3. The monoisotopic (exact) mass is 381 g/mol. The van der Waals surface area contributed by atoms with Crippen molar-refractivity contribution in [3.63, 3.8) is 0 Å². The van der Waals surface area contributed by atoms with E-state index >= 15 is 0 Å². The van der Waals surface area contributed by atoms with E-state index in [0.29, 0.717) is 25.4 Å². The Labute approximate surface area is 163 Å². The summed E-state index contributed by atoms with van der Waals surface area (Å²) in [5, 5.41) is 0. The van der Waals surface area contributed by atoms with Crippen LogP contribution in [-0.4, -0.2) is 39.6 Å². The second kappa shape index (κ2) is 8.00. The van der Waals surface area contributed by atoms with Crippen molar-refractivity contribution in [3.05, 3.63) is 60.7 Å². The molecule has 2 heterocycles. The number of rotatable bonds is 5. The summed E-state index contributed by atoms with van der Waals surface area (Å²) in [6.07, 6.45) is 3.32. The Morgan fingerprint density at radius 1 is 1.21 bits per heavy atom. The van der Waals surface area contributed by atoms with E-state index in [1.54, 1.807) is 18.5 Å². The second-order valence-electron chi connectivity index (χ2n) is 7.39. The van der Waals surface area contributed by atoms with Gasteiger partial charge in [-0.2, -0.15) is 0 Å². The molecule has 6 heteroatoms. The smallest absolute Gasteiger partial charge is 0.227 e. The lowest BCUT2D eigenvalue weighted by Crippen LogP contribution is -2.44. The number of para-hydroxylation sites is 2. The van der Waals surface area contributed by atoms with E-state index in [-0.39, 0.29) is 23.7 Å². The summed E-state index contributed by atoms with van der Waals surface area (Å²) in [6.45, 7) is 3.90. The highest BCUT2D eigenvalue weighted by Gasteiger charge is 2.27. The van der Waals surface area contributed by atoms with Crippen molar-refractivity contribution in [2.75, 3.05) is 13.1 Å². The highest BCUT2D eigenvalue weighted by atomic mass is 19.1. The minimum Gasteiger partial charge on any atom is -0.490 e. The Morgan fingerprint density at radius 2 is 2.00 bits per heavy atom. The Hall–Kier alpha value is -2.89. The zero-order valence-electron chi connectivity index (χ0n) is 15.9. The standard InChI is InChI=1S/C22H24FN3O2/c1-16(14-26-15-24-20-7-2-3-8-21(20)26)22(27)25-11-9-18(10-12-25)28-19-6-4-5-17(23)13-19/h2-8,13,15-16,18H,9-12,14H2,1H3/t16-/m1/s1. The van der Waals surface area contributed by atoms with Crippen molar-refractivity contribution >= 4 is 16.9 Å². The van der Waals surface area contributed by atoms with Crippen molar-refractivity contribution in [2.24, 2.45) is 5.92 Å². The zero-order chi connectivity index (χ0) is 19.5. The molecule has 0 aliphatic carbocycles. The molecule has 146 valence electrons. The van der Waals surface area contributed by atoms with Gasteiger partial charge < -0.3 is 14.2 Å². The number of likely N-dealkylation sites (tertiary alicyclic amines) is 1. The number of benzene rings is 2. The van der Waals surface area contributed by atoms with Crippen LogP contribution in [0.4, 0.5) is 4.39 Å². The number of hydrogen-bond acceptors (Lipinski definition) is 3. The van der Waals surface area contributed by atoms with Gasteiger partial charge in [-0.1, -0.05) is 25.1 Å². The van der Waals surface area contributed by atoms with E-state index in [0.717, 1.165) is 23.9 Å². The van der Waals surface area contributed by atoms with E-state index in [9.17, 15) is 9.18 Å². The summed E-state index contributed by atoms with van der Waals surface area (Å²) in [7, 11) is 0. The first kappa shape index (κ1) is 18.5. The molecule has 4 rings (SSSR count). The quantitative estimate of drug-likeness (QED) is 0.674. The van der Waals surface area contributed by atoms with Gasteiger partial charge in [0.15, 0.2) is 0 Å². The van der Waals surface area contributed by atoms with Gasteiger partial charge in [0.1, 0.15) is 17.7 Å². The number of aromatic nitrogens is 2. The second-order valence-corrected chi connectivity index (χ2v) is 7.39. The number of carbonyl (C=O) groups is 1. The molecule has 1 aliphatic heterocycles. The molecule has 0 saturated carbocycles. The summed E-state index contributed by atoms with van der Waals surface area (Å²) in [4.78, 5) is 19.2. The lowest BCUT2D eigenvalue weighted by molar-refractivity contribution is -0.137. The molecule has 1 atom stereocenters. The van der Waals surface area contributed by atoms with Gasteiger partial charge >= 0.3 is 0 Å².